The Kier molecular flexibility index (Phi) is 6.39. The number of aromatic nitrogens is 1. The lowest BCUT2D eigenvalue weighted by atomic mass is 10.2. The first-order valence-electron chi connectivity index (χ1n) is 7.19. The van der Waals surface area contributed by atoms with Crippen LogP contribution in [0.5, 0.6) is 0 Å². The van der Waals surface area contributed by atoms with Crippen molar-refractivity contribution in [1.29, 1.82) is 0 Å². The van der Waals surface area contributed by atoms with Crippen molar-refractivity contribution in [3.05, 3.63) is 41.2 Å². The molecule has 1 aromatic heterocycles. The number of thioether (sulfide) groups is 1. The van der Waals surface area contributed by atoms with Crippen LogP contribution in [0.1, 0.15) is 26.0 Å². The maximum Gasteiger partial charge on any atom is 0.232 e. The van der Waals surface area contributed by atoms with E-state index in [1.807, 2.05) is 19.2 Å². The number of carbonyl (C=O) groups is 1. The lowest BCUT2D eigenvalue weighted by molar-refractivity contribution is -0.120. The fourth-order valence-electron chi connectivity index (χ4n) is 1.78. The van der Waals surface area contributed by atoms with Gasteiger partial charge >= 0.3 is 0 Å². The summed E-state index contributed by atoms with van der Waals surface area (Å²) in [5.74, 6) is 0.516. The molecule has 118 valence electrons. The second-order valence-corrected chi connectivity index (χ2v) is 7.08. The Hall–Kier alpha value is -1.40. The summed E-state index contributed by atoms with van der Waals surface area (Å²) in [7, 11) is 0. The van der Waals surface area contributed by atoms with Crippen LogP contribution < -0.4 is 5.32 Å². The van der Waals surface area contributed by atoms with Gasteiger partial charge in [0.25, 0.3) is 0 Å². The summed E-state index contributed by atoms with van der Waals surface area (Å²) in [5.41, 5.74) is 1.86. The highest BCUT2D eigenvalue weighted by Crippen LogP contribution is 2.26. The molecule has 1 amide bonds. The van der Waals surface area contributed by atoms with Gasteiger partial charge in [-0.15, -0.1) is 23.1 Å². The highest BCUT2D eigenvalue weighted by atomic mass is 32.2. The summed E-state index contributed by atoms with van der Waals surface area (Å²) in [6.07, 6.45) is 0.941. The van der Waals surface area contributed by atoms with Crippen molar-refractivity contribution in [2.24, 2.45) is 0 Å². The Morgan fingerprint density at radius 2 is 2.14 bits per heavy atom. The second-order valence-electron chi connectivity index (χ2n) is 4.90. The third-order valence-electron chi connectivity index (χ3n) is 3.04. The quantitative estimate of drug-likeness (QED) is 0.826. The van der Waals surface area contributed by atoms with Crippen molar-refractivity contribution in [3.8, 4) is 10.6 Å². The highest BCUT2D eigenvalue weighted by Gasteiger charge is 2.13. The Bertz CT molecular complexity index is 613. The molecule has 1 N–H and O–H groups in total. The van der Waals surface area contributed by atoms with Gasteiger partial charge in [0.1, 0.15) is 10.8 Å². The van der Waals surface area contributed by atoms with E-state index in [0.29, 0.717) is 5.75 Å². The van der Waals surface area contributed by atoms with E-state index >= 15 is 0 Å². The van der Waals surface area contributed by atoms with Gasteiger partial charge in [0, 0.05) is 23.2 Å². The molecule has 22 heavy (non-hydrogen) atoms. The molecule has 0 saturated heterocycles. The van der Waals surface area contributed by atoms with E-state index < -0.39 is 0 Å². The van der Waals surface area contributed by atoms with Crippen LogP contribution in [0.4, 0.5) is 4.39 Å². The summed E-state index contributed by atoms with van der Waals surface area (Å²) < 4.78 is 12.9. The number of amides is 1. The zero-order chi connectivity index (χ0) is 15.9. The van der Waals surface area contributed by atoms with Crippen molar-refractivity contribution in [3.63, 3.8) is 0 Å². The molecule has 0 spiro atoms. The number of benzene rings is 1. The standard InChI is InChI=1S/C16H19FN2OS2/c1-3-8-18-15(20)11(2)21-9-14-10-22-16(19-14)12-4-6-13(17)7-5-12/h4-7,10-11H,3,8-9H2,1-2H3,(H,18,20). The molecule has 1 unspecified atom stereocenters. The molecule has 1 atom stereocenters. The number of halogens is 1. The minimum Gasteiger partial charge on any atom is -0.355 e. The second kappa shape index (κ2) is 8.29. The van der Waals surface area contributed by atoms with E-state index in [4.69, 9.17) is 0 Å². The average molecular weight is 338 g/mol. The molecule has 0 aliphatic rings. The Morgan fingerprint density at radius 1 is 1.41 bits per heavy atom. The predicted octanol–water partition coefficient (Wildman–Crippen LogP) is 4.10. The van der Waals surface area contributed by atoms with Crippen LogP contribution >= 0.6 is 23.1 Å². The van der Waals surface area contributed by atoms with Gasteiger partial charge in [0.05, 0.1) is 10.9 Å². The van der Waals surface area contributed by atoms with Crippen LogP contribution in [-0.4, -0.2) is 22.7 Å². The van der Waals surface area contributed by atoms with Gasteiger partial charge < -0.3 is 5.32 Å². The zero-order valence-electron chi connectivity index (χ0n) is 12.6. The van der Waals surface area contributed by atoms with Gasteiger partial charge in [-0.3, -0.25) is 4.79 Å². The fraction of sp³-hybridized carbons (Fsp3) is 0.375. The number of thiazole rings is 1. The number of rotatable bonds is 7. The summed E-state index contributed by atoms with van der Waals surface area (Å²) >= 11 is 3.11. The molecule has 2 rings (SSSR count). The topological polar surface area (TPSA) is 42.0 Å². The molecule has 2 aromatic rings. The predicted molar refractivity (Wildman–Crippen MR) is 91.6 cm³/mol. The van der Waals surface area contributed by atoms with Crippen LogP contribution in [0, 0.1) is 5.82 Å². The first-order chi connectivity index (χ1) is 10.6. The number of nitrogens with one attached hydrogen (secondary N) is 1. The van der Waals surface area contributed by atoms with Crippen LogP contribution in [-0.2, 0) is 10.5 Å². The minimum absolute atomic E-state index is 0.0702. The summed E-state index contributed by atoms with van der Waals surface area (Å²) in [6.45, 7) is 4.66. The maximum absolute atomic E-state index is 12.9. The molecule has 3 nitrogen and oxygen atoms in total. The molecule has 0 fully saturated rings. The highest BCUT2D eigenvalue weighted by molar-refractivity contribution is 7.99. The molecule has 6 heteroatoms. The number of hydrogen-bond donors (Lipinski definition) is 1. The summed E-state index contributed by atoms with van der Waals surface area (Å²) in [6, 6.07) is 6.33. The zero-order valence-corrected chi connectivity index (χ0v) is 14.3. The average Bonchev–Trinajstić information content (AvgIpc) is 2.99. The molecule has 1 aromatic carbocycles. The van der Waals surface area contributed by atoms with Crippen molar-refractivity contribution >= 4 is 29.0 Å². The molecule has 0 aliphatic carbocycles. The molecular weight excluding hydrogens is 319 g/mol. The van der Waals surface area contributed by atoms with Crippen molar-refractivity contribution < 1.29 is 9.18 Å². The Balaban J connectivity index is 1.89. The first kappa shape index (κ1) is 17.0. The SMILES string of the molecule is CCCNC(=O)C(C)SCc1csc(-c2ccc(F)cc2)n1. The van der Waals surface area contributed by atoms with Gasteiger partial charge in [-0.1, -0.05) is 6.92 Å². The van der Waals surface area contributed by atoms with E-state index in [9.17, 15) is 9.18 Å². The van der Waals surface area contributed by atoms with Crippen LogP contribution in [0.15, 0.2) is 29.6 Å². The number of hydrogen-bond acceptors (Lipinski definition) is 4. The molecule has 0 radical (unpaired) electrons. The van der Waals surface area contributed by atoms with E-state index in [1.165, 1.54) is 23.5 Å². The smallest absolute Gasteiger partial charge is 0.232 e. The molecular formula is C16H19FN2OS2. The molecule has 0 aliphatic heterocycles. The molecule has 0 bridgehead atoms. The van der Waals surface area contributed by atoms with Gasteiger partial charge in [0.15, 0.2) is 0 Å². The van der Waals surface area contributed by atoms with Crippen LogP contribution in [0.25, 0.3) is 10.6 Å². The van der Waals surface area contributed by atoms with E-state index in [0.717, 1.165) is 29.2 Å². The number of carbonyl (C=O) groups excluding carboxylic acids is 1. The van der Waals surface area contributed by atoms with Gasteiger partial charge in [0.2, 0.25) is 5.91 Å². The minimum atomic E-state index is -0.247. The lowest BCUT2D eigenvalue weighted by Gasteiger charge is -2.10. The van der Waals surface area contributed by atoms with Gasteiger partial charge in [-0.25, -0.2) is 9.37 Å². The molecule has 1 heterocycles. The van der Waals surface area contributed by atoms with Crippen LogP contribution in [0.2, 0.25) is 0 Å². The van der Waals surface area contributed by atoms with Crippen molar-refractivity contribution in [1.82, 2.24) is 10.3 Å². The summed E-state index contributed by atoms with van der Waals surface area (Å²) in [5, 5.41) is 5.66. The lowest BCUT2D eigenvalue weighted by Crippen LogP contribution is -2.31. The van der Waals surface area contributed by atoms with E-state index in [-0.39, 0.29) is 17.0 Å². The fourth-order valence-corrected chi connectivity index (χ4v) is 3.51. The molecule has 0 saturated carbocycles. The third kappa shape index (κ3) is 4.81. The maximum atomic E-state index is 12.9. The Labute approximate surface area is 138 Å². The normalized spacial score (nSPS) is 12.1. The summed E-state index contributed by atoms with van der Waals surface area (Å²) in [4.78, 5) is 16.3. The van der Waals surface area contributed by atoms with Crippen molar-refractivity contribution in [2.75, 3.05) is 6.54 Å². The Morgan fingerprint density at radius 3 is 2.82 bits per heavy atom. The third-order valence-corrected chi connectivity index (χ3v) is 5.16. The first-order valence-corrected chi connectivity index (χ1v) is 9.12. The van der Waals surface area contributed by atoms with Gasteiger partial charge in [-0.2, -0.15) is 0 Å². The number of nitrogens with zero attached hydrogens (tertiary/aromatic N) is 1. The van der Waals surface area contributed by atoms with Crippen molar-refractivity contribution in [2.45, 2.75) is 31.3 Å². The monoisotopic (exact) mass is 338 g/mol. The van der Waals surface area contributed by atoms with E-state index in [1.54, 1.807) is 23.9 Å². The van der Waals surface area contributed by atoms with E-state index in [2.05, 4.69) is 10.3 Å². The largest absolute Gasteiger partial charge is 0.355 e. The van der Waals surface area contributed by atoms with Gasteiger partial charge in [-0.05, 0) is 37.6 Å². The van der Waals surface area contributed by atoms with Crippen LogP contribution in [0.3, 0.4) is 0 Å².